The van der Waals surface area contributed by atoms with Gasteiger partial charge in [-0.15, -0.1) is 5.92 Å². The second-order valence-corrected chi connectivity index (χ2v) is 5.62. The smallest absolute Gasteiger partial charge is 0.326 e. The Labute approximate surface area is 133 Å². The van der Waals surface area contributed by atoms with Crippen LogP contribution in [0.15, 0.2) is 11.8 Å². The van der Waals surface area contributed by atoms with Crippen molar-refractivity contribution in [2.24, 2.45) is 5.92 Å². The van der Waals surface area contributed by atoms with Gasteiger partial charge in [0.1, 0.15) is 12.1 Å². The molecular weight excluding hydrogens is 282 g/mol. The van der Waals surface area contributed by atoms with E-state index in [-0.39, 0.29) is 12.7 Å². The zero-order chi connectivity index (χ0) is 16.4. The van der Waals surface area contributed by atoms with Gasteiger partial charge in [-0.25, -0.2) is 0 Å². The summed E-state index contributed by atoms with van der Waals surface area (Å²) in [6.45, 7) is 5.88. The van der Waals surface area contributed by atoms with Crippen LogP contribution in [0.25, 0.3) is 0 Å². The van der Waals surface area contributed by atoms with Crippen molar-refractivity contribution in [2.75, 3.05) is 19.9 Å². The fourth-order valence-corrected chi connectivity index (χ4v) is 2.65. The van der Waals surface area contributed by atoms with E-state index in [1.807, 2.05) is 0 Å². The Balaban J connectivity index is 2.57. The fraction of sp³-hybridized carbons (Fsp3) is 0.706. The first-order valence-electron chi connectivity index (χ1n) is 7.80. The minimum atomic E-state index is -0.852. The highest BCUT2D eigenvalue weighted by Crippen LogP contribution is 2.31. The molecule has 0 fully saturated rings. The molecule has 0 heterocycles. The van der Waals surface area contributed by atoms with Crippen LogP contribution in [0.3, 0.4) is 0 Å². The van der Waals surface area contributed by atoms with Gasteiger partial charge in [-0.3, -0.25) is 10.1 Å². The van der Waals surface area contributed by atoms with Crippen LogP contribution < -0.4 is 5.32 Å². The van der Waals surface area contributed by atoms with Crippen molar-refractivity contribution in [1.82, 2.24) is 5.32 Å². The second kappa shape index (κ2) is 9.50. The van der Waals surface area contributed by atoms with Gasteiger partial charge in [0.2, 0.25) is 0 Å². The molecule has 1 aliphatic rings. The van der Waals surface area contributed by atoms with Crippen molar-refractivity contribution in [1.29, 1.82) is 0 Å². The van der Waals surface area contributed by atoms with E-state index in [9.17, 15) is 4.79 Å². The zero-order valence-corrected chi connectivity index (χ0v) is 13.8. The number of hydrogen-bond donors (Lipinski definition) is 2. The molecule has 0 aliphatic heterocycles. The maximum Gasteiger partial charge on any atom is 0.326 e. The zero-order valence-electron chi connectivity index (χ0n) is 13.8. The number of rotatable bonds is 8. The van der Waals surface area contributed by atoms with E-state index in [0.29, 0.717) is 25.6 Å². The number of aliphatic hydroxyl groups is 1. The molecule has 22 heavy (non-hydrogen) atoms. The third-order valence-corrected chi connectivity index (χ3v) is 3.88. The summed E-state index contributed by atoms with van der Waals surface area (Å²) < 4.78 is 10.7. The quantitative estimate of drug-likeness (QED) is 0.407. The molecule has 0 bridgehead atoms. The summed E-state index contributed by atoms with van der Waals surface area (Å²) in [4.78, 5) is 12.1. The van der Waals surface area contributed by atoms with Crippen LogP contribution in [0.4, 0.5) is 0 Å². The minimum absolute atomic E-state index is 0.248. The highest BCUT2D eigenvalue weighted by Gasteiger charge is 2.37. The van der Waals surface area contributed by atoms with E-state index in [1.54, 1.807) is 20.8 Å². The lowest BCUT2D eigenvalue weighted by atomic mass is 9.82. The van der Waals surface area contributed by atoms with Crippen LogP contribution in [0.1, 0.15) is 46.5 Å². The Morgan fingerprint density at radius 2 is 2.36 bits per heavy atom. The van der Waals surface area contributed by atoms with Gasteiger partial charge >= 0.3 is 5.97 Å². The van der Waals surface area contributed by atoms with Crippen LogP contribution in [0, 0.1) is 17.8 Å². The topological polar surface area (TPSA) is 67.8 Å². The molecule has 0 spiro atoms. The molecule has 5 nitrogen and oxygen atoms in total. The number of ether oxygens (including phenoxy) is 2. The van der Waals surface area contributed by atoms with E-state index < -0.39 is 5.54 Å². The first-order chi connectivity index (χ1) is 10.6. The van der Waals surface area contributed by atoms with Crippen molar-refractivity contribution < 1.29 is 19.4 Å². The molecule has 1 aliphatic carbocycles. The van der Waals surface area contributed by atoms with Crippen molar-refractivity contribution in [3.05, 3.63) is 11.8 Å². The average molecular weight is 309 g/mol. The third-order valence-electron chi connectivity index (χ3n) is 3.88. The molecule has 1 unspecified atom stereocenters. The SMILES string of the molecule is CC#CCOC1=CCC(C[C@](C)(NCO)C(=O)OCC)CC1. The highest BCUT2D eigenvalue weighted by molar-refractivity contribution is 5.80. The van der Waals surface area contributed by atoms with Gasteiger partial charge in [0.25, 0.3) is 0 Å². The van der Waals surface area contributed by atoms with Crippen molar-refractivity contribution in [3.8, 4) is 11.8 Å². The van der Waals surface area contributed by atoms with Gasteiger partial charge in [-0.1, -0.05) is 5.92 Å². The predicted octanol–water partition coefficient (Wildman–Crippen LogP) is 1.96. The lowest BCUT2D eigenvalue weighted by Gasteiger charge is -2.32. The maximum atomic E-state index is 12.1. The summed E-state index contributed by atoms with van der Waals surface area (Å²) in [7, 11) is 0. The molecule has 5 heteroatoms. The van der Waals surface area contributed by atoms with E-state index in [0.717, 1.165) is 25.0 Å². The number of allylic oxidation sites excluding steroid dienone is 2. The summed E-state index contributed by atoms with van der Waals surface area (Å²) in [6, 6.07) is 0. The molecule has 0 saturated heterocycles. The lowest BCUT2D eigenvalue weighted by molar-refractivity contribution is -0.152. The number of esters is 1. The van der Waals surface area contributed by atoms with Crippen molar-refractivity contribution >= 4 is 5.97 Å². The molecule has 2 N–H and O–H groups in total. The normalized spacial score (nSPS) is 20.2. The lowest BCUT2D eigenvalue weighted by Crippen LogP contribution is -2.52. The van der Waals surface area contributed by atoms with E-state index in [1.165, 1.54) is 0 Å². The van der Waals surface area contributed by atoms with Gasteiger partial charge < -0.3 is 14.6 Å². The van der Waals surface area contributed by atoms with Crippen LogP contribution in [0.5, 0.6) is 0 Å². The van der Waals surface area contributed by atoms with Gasteiger partial charge in [-0.05, 0) is 52.0 Å². The molecule has 1 rings (SSSR count). The molecular formula is C17H27NO4. The first kappa shape index (κ1) is 18.5. The number of aliphatic hydroxyl groups excluding tert-OH is 1. The molecule has 0 aromatic heterocycles. The Hall–Kier alpha value is -1.51. The van der Waals surface area contributed by atoms with E-state index >= 15 is 0 Å². The molecule has 0 aromatic rings. The number of carbonyl (C=O) groups is 1. The fourth-order valence-electron chi connectivity index (χ4n) is 2.65. The summed E-state index contributed by atoms with van der Waals surface area (Å²) in [5, 5.41) is 12.0. The molecule has 0 amide bonds. The van der Waals surface area contributed by atoms with Crippen molar-refractivity contribution in [2.45, 2.75) is 52.0 Å². The molecule has 0 saturated carbocycles. The van der Waals surface area contributed by atoms with Crippen LogP contribution >= 0.6 is 0 Å². The monoisotopic (exact) mass is 309 g/mol. The van der Waals surface area contributed by atoms with Crippen LogP contribution in [-0.2, 0) is 14.3 Å². The average Bonchev–Trinajstić information content (AvgIpc) is 2.50. The largest absolute Gasteiger partial charge is 0.486 e. The highest BCUT2D eigenvalue weighted by atomic mass is 16.5. The Bertz CT molecular complexity index is 449. The van der Waals surface area contributed by atoms with Gasteiger partial charge in [0, 0.05) is 6.42 Å². The summed E-state index contributed by atoms with van der Waals surface area (Å²) >= 11 is 0. The van der Waals surface area contributed by atoms with Gasteiger partial charge in [0.15, 0.2) is 0 Å². The first-order valence-corrected chi connectivity index (χ1v) is 7.80. The molecule has 0 radical (unpaired) electrons. The van der Waals surface area contributed by atoms with E-state index in [2.05, 4.69) is 23.2 Å². The predicted molar refractivity (Wildman–Crippen MR) is 84.7 cm³/mol. The molecule has 0 aromatic carbocycles. The maximum absolute atomic E-state index is 12.1. The third kappa shape index (κ3) is 5.70. The van der Waals surface area contributed by atoms with E-state index in [4.69, 9.17) is 14.6 Å². The van der Waals surface area contributed by atoms with Gasteiger partial charge in [0.05, 0.1) is 19.1 Å². The summed E-state index contributed by atoms with van der Waals surface area (Å²) in [5.74, 6) is 6.70. The number of carbonyl (C=O) groups excluding carboxylic acids is 1. The van der Waals surface area contributed by atoms with Crippen LogP contribution in [0.2, 0.25) is 0 Å². The summed E-state index contributed by atoms with van der Waals surface area (Å²) in [6.07, 6.45) is 5.37. The molecule has 2 atom stereocenters. The molecule has 124 valence electrons. The Morgan fingerprint density at radius 3 is 2.91 bits per heavy atom. The Morgan fingerprint density at radius 1 is 1.59 bits per heavy atom. The van der Waals surface area contributed by atoms with Gasteiger partial charge in [-0.2, -0.15) is 0 Å². The second-order valence-electron chi connectivity index (χ2n) is 5.62. The standard InChI is InChI=1S/C17H27NO4/c1-4-6-11-22-15-9-7-14(8-10-15)12-17(3,18-13-19)16(20)21-5-2/h9,14,18-19H,5,7-8,10-13H2,1-3H3/t14?,17-/m0/s1. The summed E-state index contributed by atoms with van der Waals surface area (Å²) in [5.41, 5.74) is -0.852. The number of nitrogens with one attached hydrogen (secondary N) is 1. The van der Waals surface area contributed by atoms with Crippen molar-refractivity contribution in [3.63, 3.8) is 0 Å². The van der Waals surface area contributed by atoms with Crippen LogP contribution in [-0.4, -0.2) is 36.6 Å². The minimum Gasteiger partial charge on any atom is -0.486 e. The Kier molecular flexibility index (Phi) is 8.00. The number of hydrogen-bond acceptors (Lipinski definition) is 5.